The minimum atomic E-state index is -4.60. The maximum absolute atomic E-state index is 12.3. The molecule has 2 amide bonds. The number of para-hydroxylation sites is 2. The zero-order valence-electron chi connectivity index (χ0n) is 15.1. The molecule has 29 heavy (non-hydrogen) atoms. The summed E-state index contributed by atoms with van der Waals surface area (Å²) < 4.78 is 43.2. The summed E-state index contributed by atoms with van der Waals surface area (Å²) in [7, 11) is 1.77. The molecule has 2 N–H and O–H groups in total. The van der Waals surface area contributed by atoms with E-state index in [1.807, 2.05) is 24.3 Å². The maximum atomic E-state index is 12.3. The van der Waals surface area contributed by atoms with Gasteiger partial charge < -0.3 is 15.4 Å². The molecule has 4 rings (SSSR count). The topological polar surface area (TPSA) is 116 Å². The van der Waals surface area contributed by atoms with Crippen molar-refractivity contribution in [2.45, 2.75) is 12.6 Å². The highest BCUT2D eigenvalue weighted by Crippen LogP contribution is 2.29. The van der Waals surface area contributed by atoms with Crippen LogP contribution in [0, 0.1) is 0 Å². The fraction of sp³-hybridized carbons (Fsp3) is 0.235. The van der Waals surface area contributed by atoms with E-state index in [0.29, 0.717) is 19.2 Å². The monoisotopic (exact) mass is 408 g/mol. The van der Waals surface area contributed by atoms with Gasteiger partial charge in [-0.1, -0.05) is 12.1 Å². The van der Waals surface area contributed by atoms with E-state index in [2.05, 4.69) is 15.2 Å². The van der Waals surface area contributed by atoms with Crippen molar-refractivity contribution in [1.29, 1.82) is 0 Å². The fourth-order valence-corrected chi connectivity index (χ4v) is 2.52. The van der Waals surface area contributed by atoms with Gasteiger partial charge in [0.2, 0.25) is 11.7 Å². The number of ether oxygens (including phenoxy) is 1. The minimum absolute atomic E-state index is 0.0156. The Morgan fingerprint density at radius 2 is 1.97 bits per heavy atom. The Morgan fingerprint density at radius 1 is 1.24 bits per heavy atom. The van der Waals surface area contributed by atoms with Gasteiger partial charge in [-0.25, -0.2) is 4.98 Å². The van der Waals surface area contributed by atoms with Crippen LogP contribution in [0.4, 0.5) is 18.9 Å². The molecular weight excluding hydrogens is 393 g/mol. The molecule has 0 fully saturated rings. The number of fused-ring (bicyclic) bond motifs is 2. The van der Waals surface area contributed by atoms with Crippen molar-refractivity contribution < 1.29 is 27.5 Å². The summed E-state index contributed by atoms with van der Waals surface area (Å²) >= 11 is 0. The molecule has 0 atom stereocenters. The van der Waals surface area contributed by atoms with E-state index in [1.165, 1.54) is 0 Å². The van der Waals surface area contributed by atoms with E-state index in [0.717, 1.165) is 22.0 Å². The van der Waals surface area contributed by atoms with Crippen LogP contribution in [0.25, 0.3) is 5.65 Å². The van der Waals surface area contributed by atoms with Crippen molar-refractivity contribution in [3.63, 3.8) is 0 Å². The van der Waals surface area contributed by atoms with Gasteiger partial charge >= 0.3 is 6.18 Å². The molecule has 1 aromatic carbocycles. The summed E-state index contributed by atoms with van der Waals surface area (Å²) in [6.45, 7) is 0.472. The Hall–Kier alpha value is -3.70. The van der Waals surface area contributed by atoms with E-state index < -0.39 is 17.8 Å². The van der Waals surface area contributed by atoms with Crippen LogP contribution >= 0.6 is 0 Å². The van der Waals surface area contributed by atoms with Crippen molar-refractivity contribution in [3.8, 4) is 5.75 Å². The standard InChI is InChI=1S/C10H11NO2.C7H4F3N5O/c1-11-8-4-2-3-5-9(8)13-7-6-10(11)12;8-7(9,10)3-2-15-4(1-12-3)13-14-6(15)5(11)16/h2-5H,6-7H2,1H3;1-2H,(H2,11,16). The number of rotatable bonds is 1. The summed E-state index contributed by atoms with van der Waals surface area (Å²) in [5.41, 5.74) is 4.64. The van der Waals surface area contributed by atoms with E-state index in [9.17, 15) is 22.8 Å². The first-order chi connectivity index (χ1) is 13.7. The molecule has 3 heterocycles. The molecule has 0 spiro atoms. The third kappa shape index (κ3) is 4.25. The number of amides is 2. The van der Waals surface area contributed by atoms with Crippen molar-refractivity contribution in [2.75, 3.05) is 18.6 Å². The number of aromatic nitrogens is 4. The maximum Gasteiger partial charge on any atom is 0.434 e. The third-order valence-electron chi connectivity index (χ3n) is 3.98. The van der Waals surface area contributed by atoms with Crippen LogP contribution in [-0.2, 0) is 11.0 Å². The minimum Gasteiger partial charge on any atom is -0.491 e. The quantitative estimate of drug-likeness (QED) is 0.655. The Kier molecular flexibility index (Phi) is 5.35. The number of carbonyl (C=O) groups is 2. The molecule has 0 aliphatic carbocycles. The van der Waals surface area contributed by atoms with Crippen molar-refractivity contribution in [1.82, 2.24) is 19.6 Å². The molecule has 0 bridgehead atoms. The highest BCUT2D eigenvalue weighted by atomic mass is 19.4. The Bertz CT molecular complexity index is 1070. The molecule has 12 heteroatoms. The number of carbonyl (C=O) groups excluding carboxylic acids is 2. The zero-order valence-corrected chi connectivity index (χ0v) is 15.1. The second kappa shape index (κ2) is 7.73. The molecule has 0 saturated carbocycles. The molecule has 9 nitrogen and oxygen atoms in total. The number of nitrogens with two attached hydrogens (primary N) is 1. The molecule has 0 unspecified atom stereocenters. The lowest BCUT2D eigenvalue weighted by Crippen LogP contribution is -2.24. The van der Waals surface area contributed by atoms with Crippen molar-refractivity contribution >= 4 is 23.1 Å². The molecular formula is C17H15F3N6O3. The van der Waals surface area contributed by atoms with E-state index in [-0.39, 0.29) is 17.4 Å². The number of halogens is 3. The number of alkyl halides is 3. The Balaban J connectivity index is 0.000000169. The lowest BCUT2D eigenvalue weighted by molar-refractivity contribution is -0.141. The van der Waals surface area contributed by atoms with Gasteiger partial charge in [0, 0.05) is 13.2 Å². The first kappa shape index (κ1) is 20.0. The predicted octanol–water partition coefficient (Wildman–Crippen LogP) is 1.67. The summed E-state index contributed by atoms with van der Waals surface area (Å²) in [5.74, 6) is -0.449. The van der Waals surface area contributed by atoms with E-state index >= 15 is 0 Å². The summed E-state index contributed by atoms with van der Waals surface area (Å²) in [4.78, 5) is 27.0. The number of primary amides is 1. The van der Waals surface area contributed by atoms with Crippen molar-refractivity contribution in [2.24, 2.45) is 5.73 Å². The summed E-state index contributed by atoms with van der Waals surface area (Å²) in [6, 6.07) is 7.57. The van der Waals surface area contributed by atoms with Crippen LogP contribution in [0.5, 0.6) is 5.75 Å². The normalized spacial score (nSPS) is 13.8. The SMILES string of the molecule is CN1C(=O)CCOc2ccccc21.NC(=O)c1nnc2cnc(C(F)(F)F)cn12. The summed E-state index contributed by atoms with van der Waals surface area (Å²) in [6.07, 6.45) is -2.67. The number of hydrogen-bond donors (Lipinski definition) is 1. The lowest BCUT2D eigenvalue weighted by Gasteiger charge is -2.15. The molecule has 1 aliphatic heterocycles. The largest absolute Gasteiger partial charge is 0.491 e. The van der Waals surface area contributed by atoms with Gasteiger partial charge in [0.05, 0.1) is 24.9 Å². The van der Waals surface area contributed by atoms with E-state index in [1.54, 1.807) is 11.9 Å². The second-order valence-electron chi connectivity index (χ2n) is 5.91. The molecule has 152 valence electrons. The van der Waals surface area contributed by atoms with Crippen molar-refractivity contribution in [3.05, 3.63) is 48.2 Å². The molecule has 1 aliphatic rings. The first-order valence-electron chi connectivity index (χ1n) is 8.24. The predicted molar refractivity (Wildman–Crippen MR) is 94.3 cm³/mol. The Labute approximate surface area is 161 Å². The Morgan fingerprint density at radius 3 is 2.66 bits per heavy atom. The van der Waals surface area contributed by atoms with Crippen LogP contribution < -0.4 is 15.4 Å². The van der Waals surface area contributed by atoms with Crippen LogP contribution in [0.15, 0.2) is 36.7 Å². The number of hydrogen-bond acceptors (Lipinski definition) is 6. The highest BCUT2D eigenvalue weighted by Gasteiger charge is 2.33. The van der Waals surface area contributed by atoms with Crippen LogP contribution in [0.1, 0.15) is 22.7 Å². The van der Waals surface area contributed by atoms with Gasteiger partial charge in [0.25, 0.3) is 5.91 Å². The average molecular weight is 408 g/mol. The summed E-state index contributed by atoms with van der Waals surface area (Å²) in [5, 5.41) is 6.79. The van der Waals surface area contributed by atoms with Gasteiger partial charge in [0.15, 0.2) is 11.3 Å². The first-order valence-corrected chi connectivity index (χ1v) is 8.24. The van der Waals surface area contributed by atoms with Gasteiger partial charge in [0.1, 0.15) is 5.75 Å². The zero-order chi connectivity index (χ0) is 21.2. The van der Waals surface area contributed by atoms with Gasteiger partial charge in [-0.3, -0.25) is 14.0 Å². The second-order valence-corrected chi connectivity index (χ2v) is 5.91. The lowest BCUT2D eigenvalue weighted by atomic mass is 10.2. The van der Waals surface area contributed by atoms with Gasteiger partial charge in [-0.15, -0.1) is 10.2 Å². The molecule has 3 aromatic rings. The van der Waals surface area contributed by atoms with Crippen LogP contribution in [0.3, 0.4) is 0 Å². The number of anilines is 1. The smallest absolute Gasteiger partial charge is 0.434 e. The number of nitrogens with zero attached hydrogens (tertiary/aromatic N) is 5. The fourth-order valence-electron chi connectivity index (χ4n) is 2.52. The average Bonchev–Trinajstić information content (AvgIpc) is 3.05. The number of benzene rings is 1. The third-order valence-corrected chi connectivity index (χ3v) is 3.98. The molecule has 2 aromatic heterocycles. The molecule has 0 saturated heterocycles. The van der Waals surface area contributed by atoms with Gasteiger partial charge in [-0.05, 0) is 12.1 Å². The van der Waals surface area contributed by atoms with Crippen LogP contribution in [-0.4, -0.2) is 45.1 Å². The van der Waals surface area contributed by atoms with Crippen LogP contribution in [0.2, 0.25) is 0 Å². The van der Waals surface area contributed by atoms with Gasteiger partial charge in [-0.2, -0.15) is 13.2 Å². The highest BCUT2D eigenvalue weighted by molar-refractivity contribution is 5.95. The molecule has 0 radical (unpaired) electrons. The van der Waals surface area contributed by atoms with E-state index in [4.69, 9.17) is 10.5 Å².